The van der Waals surface area contributed by atoms with Crippen LogP contribution in [0.1, 0.15) is 13.3 Å². The zero-order valence-corrected chi connectivity index (χ0v) is 10.5. The van der Waals surface area contributed by atoms with Gasteiger partial charge in [0.1, 0.15) is 5.82 Å². The van der Waals surface area contributed by atoms with E-state index in [1.165, 1.54) is 0 Å². The SMILES string of the molecule is CCNc1nccc(NCCC(=O)N(C)C)n1. The van der Waals surface area contributed by atoms with E-state index in [9.17, 15) is 4.79 Å². The van der Waals surface area contributed by atoms with Gasteiger partial charge >= 0.3 is 0 Å². The molecule has 0 radical (unpaired) electrons. The molecule has 0 saturated heterocycles. The molecule has 6 heteroatoms. The van der Waals surface area contributed by atoms with Gasteiger partial charge in [0.2, 0.25) is 11.9 Å². The largest absolute Gasteiger partial charge is 0.369 e. The summed E-state index contributed by atoms with van der Waals surface area (Å²) in [6.07, 6.45) is 2.13. The highest BCUT2D eigenvalue weighted by Crippen LogP contribution is 2.05. The maximum Gasteiger partial charge on any atom is 0.224 e. The Morgan fingerprint density at radius 3 is 2.82 bits per heavy atom. The molecule has 94 valence electrons. The average Bonchev–Trinajstić information content (AvgIpc) is 2.29. The van der Waals surface area contributed by atoms with Crippen LogP contribution in [0, 0.1) is 0 Å². The average molecular weight is 237 g/mol. The van der Waals surface area contributed by atoms with Crippen molar-refractivity contribution >= 4 is 17.7 Å². The molecule has 0 saturated carbocycles. The lowest BCUT2D eigenvalue weighted by Crippen LogP contribution is -2.24. The fourth-order valence-electron chi connectivity index (χ4n) is 1.22. The molecular formula is C11H19N5O. The Hall–Kier alpha value is -1.85. The molecule has 0 aliphatic heterocycles. The van der Waals surface area contributed by atoms with Crippen LogP contribution in [0.25, 0.3) is 0 Å². The molecular weight excluding hydrogens is 218 g/mol. The number of carbonyl (C=O) groups excluding carboxylic acids is 1. The van der Waals surface area contributed by atoms with E-state index >= 15 is 0 Å². The van der Waals surface area contributed by atoms with E-state index in [1.807, 2.05) is 6.92 Å². The molecule has 0 aliphatic rings. The smallest absolute Gasteiger partial charge is 0.224 e. The van der Waals surface area contributed by atoms with Crippen LogP contribution in [0.15, 0.2) is 12.3 Å². The molecule has 0 bridgehead atoms. The maximum atomic E-state index is 11.3. The molecule has 1 amide bonds. The van der Waals surface area contributed by atoms with E-state index in [0.29, 0.717) is 18.9 Å². The number of carbonyl (C=O) groups is 1. The summed E-state index contributed by atoms with van der Waals surface area (Å²) in [5, 5.41) is 6.12. The van der Waals surface area contributed by atoms with Crippen LogP contribution in [-0.2, 0) is 4.79 Å². The number of amides is 1. The Bertz CT molecular complexity index is 367. The number of rotatable bonds is 6. The second-order valence-electron chi connectivity index (χ2n) is 3.76. The number of nitrogens with one attached hydrogen (secondary N) is 2. The zero-order chi connectivity index (χ0) is 12.7. The van der Waals surface area contributed by atoms with Crippen LogP contribution in [0.3, 0.4) is 0 Å². The predicted octanol–water partition coefficient (Wildman–Crippen LogP) is 0.799. The minimum atomic E-state index is 0.0958. The summed E-state index contributed by atoms with van der Waals surface area (Å²) >= 11 is 0. The number of nitrogens with zero attached hydrogens (tertiary/aromatic N) is 3. The molecule has 2 N–H and O–H groups in total. The first-order chi connectivity index (χ1) is 8.13. The molecule has 1 rings (SSSR count). The zero-order valence-electron chi connectivity index (χ0n) is 10.5. The van der Waals surface area contributed by atoms with Crippen molar-refractivity contribution in [3.8, 4) is 0 Å². The maximum absolute atomic E-state index is 11.3. The third-order valence-electron chi connectivity index (χ3n) is 2.13. The van der Waals surface area contributed by atoms with Crippen molar-refractivity contribution in [2.75, 3.05) is 37.8 Å². The fourth-order valence-corrected chi connectivity index (χ4v) is 1.22. The van der Waals surface area contributed by atoms with E-state index in [1.54, 1.807) is 31.3 Å². The summed E-state index contributed by atoms with van der Waals surface area (Å²) in [5.41, 5.74) is 0. The summed E-state index contributed by atoms with van der Waals surface area (Å²) in [7, 11) is 3.49. The van der Waals surface area contributed by atoms with Gasteiger partial charge in [-0.15, -0.1) is 0 Å². The summed E-state index contributed by atoms with van der Waals surface area (Å²) in [6.45, 7) is 3.33. The number of hydrogen-bond acceptors (Lipinski definition) is 5. The third-order valence-corrected chi connectivity index (χ3v) is 2.13. The minimum Gasteiger partial charge on any atom is -0.369 e. The molecule has 1 heterocycles. The van der Waals surface area contributed by atoms with Crippen molar-refractivity contribution < 1.29 is 4.79 Å². The number of anilines is 2. The topological polar surface area (TPSA) is 70.2 Å². The Kier molecular flexibility index (Phi) is 5.19. The van der Waals surface area contributed by atoms with E-state index in [2.05, 4.69) is 20.6 Å². The lowest BCUT2D eigenvalue weighted by molar-refractivity contribution is -0.128. The highest BCUT2D eigenvalue weighted by Gasteiger charge is 2.03. The second kappa shape index (κ2) is 6.67. The quantitative estimate of drug-likeness (QED) is 0.765. The lowest BCUT2D eigenvalue weighted by atomic mass is 10.4. The van der Waals surface area contributed by atoms with Gasteiger partial charge in [-0.2, -0.15) is 4.98 Å². The molecule has 1 aromatic rings. The van der Waals surface area contributed by atoms with E-state index < -0.39 is 0 Å². The Balaban J connectivity index is 2.41. The first-order valence-electron chi connectivity index (χ1n) is 5.64. The minimum absolute atomic E-state index is 0.0958. The van der Waals surface area contributed by atoms with Gasteiger partial charge in [0.15, 0.2) is 0 Å². The first kappa shape index (κ1) is 13.2. The van der Waals surface area contributed by atoms with Crippen molar-refractivity contribution in [1.82, 2.24) is 14.9 Å². The molecule has 17 heavy (non-hydrogen) atoms. The summed E-state index contributed by atoms with van der Waals surface area (Å²) < 4.78 is 0. The van der Waals surface area contributed by atoms with Crippen molar-refractivity contribution in [1.29, 1.82) is 0 Å². The van der Waals surface area contributed by atoms with Gasteiger partial charge in [-0.1, -0.05) is 0 Å². The van der Waals surface area contributed by atoms with Crippen molar-refractivity contribution in [3.63, 3.8) is 0 Å². The van der Waals surface area contributed by atoms with Gasteiger partial charge < -0.3 is 15.5 Å². The molecule has 1 aromatic heterocycles. The highest BCUT2D eigenvalue weighted by molar-refractivity contribution is 5.76. The molecule has 0 fully saturated rings. The van der Waals surface area contributed by atoms with Gasteiger partial charge in [-0.25, -0.2) is 4.98 Å². The van der Waals surface area contributed by atoms with E-state index in [4.69, 9.17) is 0 Å². The monoisotopic (exact) mass is 237 g/mol. The van der Waals surface area contributed by atoms with Crippen molar-refractivity contribution in [2.45, 2.75) is 13.3 Å². The predicted molar refractivity (Wildman–Crippen MR) is 68.0 cm³/mol. The Labute approximate surface area is 101 Å². The van der Waals surface area contributed by atoms with Gasteiger partial charge in [0.25, 0.3) is 0 Å². The molecule has 0 spiro atoms. The van der Waals surface area contributed by atoms with Crippen LogP contribution >= 0.6 is 0 Å². The molecule has 6 nitrogen and oxygen atoms in total. The number of aromatic nitrogens is 2. The molecule has 0 unspecified atom stereocenters. The van der Waals surface area contributed by atoms with Gasteiger partial charge in [-0.05, 0) is 13.0 Å². The standard InChI is InChI=1S/C11H19N5O/c1-4-12-11-14-7-5-9(15-11)13-8-6-10(17)16(2)3/h5,7H,4,6,8H2,1-3H3,(H2,12,13,14,15). The number of hydrogen-bond donors (Lipinski definition) is 2. The highest BCUT2D eigenvalue weighted by atomic mass is 16.2. The van der Waals surface area contributed by atoms with E-state index in [-0.39, 0.29) is 5.91 Å². The van der Waals surface area contributed by atoms with E-state index in [0.717, 1.165) is 12.4 Å². The fraction of sp³-hybridized carbons (Fsp3) is 0.545. The first-order valence-corrected chi connectivity index (χ1v) is 5.64. The van der Waals surface area contributed by atoms with Crippen LogP contribution in [0.5, 0.6) is 0 Å². The molecule has 0 aromatic carbocycles. The van der Waals surface area contributed by atoms with Gasteiger partial charge in [0.05, 0.1) is 0 Å². The van der Waals surface area contributed by atoms with Crippen LogP contribution in [-0.4, -0.2) is 48.0 Å². The van der Waals surface area contributed by atoms with Gasteiger partial charge in [0, 0.05) is 39.8 Å². The van der Waals surface area contributed by atoms with Crippen molar-refractivity contribution in [3.05, 3.63) is 12.3 Å². The van der Waals surface area contributed by atoms with Gasteiger partial charge in [-0.3, -0.25) is 4.79 Å². The summed E-state index contributed by atoms with van der Waals surface area (Å²) in [4.78, 5) is 21.2. The van der Waals surface area contributed by atoms with Crippen LogP contribution in [0.4, 0.5) is 11.8 Å². The summed E-state index contributed by atoms with van der Waals surface area (Å²) in [5.74, 6) is 1.41. The third kappa shape index (κ3) is 4.67. The Morgan fingerprint density at radius 2 is 2.18 bits per heavy atom. The summed E-state index contributed by atoms with van der Waals surface area (Å²) in [6, 6.07) is 1.78. The second-order valence-corrected chi connectivity index (χ2v) is 3.76. The van der Waals surface area contributed by atoms with Crippen molar-refractivity contribution in [2.24, 2.45) is 0 Å². The normalized spacial score (nSPS) is 9.82. The van der Waals surface area contributed by atoms with Crippen LogP contribution in [0.2, 0.25) is 0 Å². The lowest BCUT2D eigenvalue weighted by Gasteiger charge is -2.11. The molecule has 0 aliphatic carbocycles. The Morgan fingerprint density at radius 1 is 1.41 bits per heavy atom. The molecule has 0 atom stereocenters. The van der Waals surface area contributed by atoms with Crippen LogP contribution < -0.4 is 10.6 Å².